The summed E-state index contributed by atoms with van der Waals surface area (Å²) < 4.78 is 34.0. The summed E-state index contributed by atoms with van der Waals surface area (Å²) in [7, 11) is -3.21. The van der Waals surface area contributed by atoms with Crippen LogP contribution in [0.15, 0.2) is 11.1 Å². The van der Waals surface area contributed by atoms with Gasteiger partial charge in [-0.05, 0) is 27.7 Å². The summed E-state index contributed by atoms with van der Waals surface area (Å²) in [5.74, 6) is 0.591. The monoisotopic (exact) mass is 264 g/mol. The van der Waals surface area contributed by atoms with Crippen LogP contribution in [0.25, 0.3) is 0 Å². The van der Waals surface area contributed by atoms with Gasteiger partial charge in [0.25, 0.3) is 0 Å². The van der Waals surface area contributed by atoms with Crippen LogP contribution >= 0.6 is 7.60 Å². The third-order valence-corrected chi connectivity index (χ3v) is 4.71. The van der Waals surface area contributed by atoms with Crippen molar-refractivity contribution in [1.82, 2.24) is 0 Å². The van der Waals surface area contributed by atoms with E-state index in [1.54, 1.807) is 20.8 Å². The normalized spacial score (nSPS) is 20.8. The van der Waals surface area contributed by atoms with E-state index in [0.29, 0.717) is 37.3 Å². The van der Waals surface area contributed by atoms with Crippen molar-refractivity contribution in [1.29, 1.82) is 0 Å². The molecule has 1 atom stereocenters. The van der Waals surface area contributed by atoms with Gasteiger partial charge in [-0.1, -0.05) is 0 Å². The van der Waals surface area contributed by atoms with E-state index < -0.39 is 7.60 Å². The van der Waals surface area contributed by atoms with E-state index >= 15 is 0 Å². The zero-order valence-electron chi connectivity index (χ0n) is 10.9. The maximum absolute atomic E-state index is 12.5. The number of rotatable bonds is 7. The second kappa shape index (κ2) is 6.55. The van der Waals surface area contributed by atoms with E-state index in [1.165, 1.54) is 0 Å². The van der Waals surface area contributed by atoms with E-state index in [0.717, 1.165) is 0 Å². The Hall–Kier alpha value is -0.350. The molecule has 100 valence electrons. The molecule has 0 radical (unpaired) electrons. The lowest BCUT2D eigenvalue weighted by Gasteiger charge is -2.17. The fourth-order valence-electron chi connectivity index (χ4n) is 1.72. The van der Waals surface area contributed by atoms with Crippen LogP contribution in [0.1, 0.15) is 34.1 Å². The van der Waals surface area contributed by atoms with Crippen molar-refractivity contribution in [3.8, 4) is 0 Å². The van der Waals surface area contributed by atoms with Gasteiger partial charge in [-0.15, -0.1) is 0 Å². The Morgan fingerprint density at radius 1 is 1.24 bits per heavy atom. The van der Waals surface area contributed by atoms with Gasteiger partial charge in [0.2, 0.25) is 6.29 Å². The van der Waals surface area contributed by atoms with Gasteiger partial charge in [0.1, 0.15) is 5.76 Å². The minimum atomic E-state index is -3.21. The summed E-state index contributed by atoms with van der Waals surface area (Å²) in [5.41, 5.74) is 0. The van der Waals surface area contributed by atoms with E-state index in [9.17, 15) is 4.57 Å². The van der Waals surface area contributed by atoms with Crippen molar-refractivity contribution in [2.45, 2.75) is 40.4 Å². The largest absolute Gasteiger partial charge is 0.469 e. The molecule has 0 aliphatic carbocycles. The highest BCUT2D eigenvalue weighted by Crippen LogP contribution is 2.60. The molecule has 1 aliphatic heterocycles. The number of allylic oxidation sites excluding steroid dienone is 1. The molecule has 17 heavy (non-hydrogen) atoms. The molecule has 0 aromatic rings. The van der Waals surface area contributed by atoms with Crippen LogP contribution in [0.2, 0.25) is 0 Å². The summed E-state index contributed by atoms with van der Waals surface area (Å²) >= 11 is 0. The minimum absolute atomic E-state index is 0.341. The van der Waals surface area contributed by atoms with Crippen LogP contribution in [0.3, 0.4) is 0 Å². The summed E-state index contributed by atoms with van der Waals surface area (Å²) in [6.45, 7) is 8.47. The first-order valence-corrected chi connectivity index (χ1v) is 7.49. The summed E-state index contributed by atoms with van der Waals surface area (Å²) in [6, 6.07) is 0. The smallest absolute Gasteiger partial charge is 0.360 e. The topological polar surface area (TPSA) is 54.0 Å². The molecule has 0 bridgehead atoms. The second-order valence-corrected chi connectivity index (χ2v) is 5.59. The molecule has 6 heteroatoms. The van der Waals surface area contributed by atoms with E-state index in [-0.39, 0.29) is 6.29 Å². The van der Waals surface area contributed by atoms with Crippen LogP contribution in [0.5, 0.6) is 0 Å². The van der Waals surface area contributed by atoms with Gasteiger partial charge in [-0.2, -0.15) is 0 Å². The first-order valence-electron chi connectivity index (χ1n) is 5.95. The maximum atomic E-state index is 12.5. The minimum Gasteiger partial charge on any atom is -0.469 e. The molecule has 0 saturated heterocycles. The third kappa shape index (κ3) is 3.55. The Balaban J connectivity index is 2.81. The highest BCUT2D eigenvalue weighted by molar-refractivity contribution is 7.58. The van der Waals surface area contributed by atoms with Crippen molar-refractivity contribution in [3.05, 3.63) is 11.1 Å². The van der Waals surface area contributed by atoms with Gasteiger partial charge in [0, 0.05) is 13.0 Å². The second-order valence-electron chi connectivity index (χ2n) is 3.54. The van der Waals surface area contributed by atoms with Crippen molar-refractivity contribution in [2.75, 3.05) is 19.8 Å². The Labute approximate surface area is 103 Å². The lowest BCUT2D eigenvalue weighted by atomic mass is 10.4. The van der Waals surface area contributed by atoms with Crippen molar-refractivity contribution in [2.24, 2.45) is 0 Å². The SMILES string of the molecule is CCOC1CC(P(=O)(OCC)OCC)=C(C)O1. The quantitative estimate of drug-likeness (QED) is 0.660. The summed E-state index contributed by atoms with van der Waals surface area (Å²) in [6.07, 6.45) is 0.0703. The predicted octanol–water partition coefficient (Wildman–Crippen LogP) is 3.27. The standard InChI is InChI=1S/C11H21O5P/c1-5-13-11-8-10(9(4)16-11)17(12,14-6-2)15-7-3/h11H,5-8H2,1-4H3. The molecule has 1 heterocycles. The Kier molecular flexibility index (Phi) is 5.67. The van der Waals surface area contributed by atoms with Crippen LogP contribution in [-0.2, 0) is 23.1 Å². The molecule has 1 rings (SSSR count). The molecule has 1 unspecified atom stereocenters. The van der Waals surface area contributed by atoms with Gasteiger partial charge in [-0.3, -0.25) is 4.57 Å². The number of hydrogen-bond acceptors (Lipinski definition) is 5. The summed E-state index contributed by atoms with van der Waals surface area (Å²) in [5, 5.41) is 0.597. The molecule has 5 nitrogen and oxygen atoms in total. The molecular formula is C11H21O5P. The molecule has 0 aromatic heterocycles. The zero-order chi connectivity index (χ0) is 12.9. The van der Waals surface area contributed by atoms with Crippen LogP contribution in [0.4, 0.5) is 0 Å². The predicted molar refractivity (Wildman–Crippen MR) is 64.7 cm³/mol. The summed E-state index contributed by atoms with van der Waals surface area (Å²) in [4.78, 5) is 0. The van der Waals surface area contributed by atoms with Crippen LogP contribution in [-0.4, -0.2) is 26.1 Å². The van der Waals surface area contributed by atoms with E-state index in [1.807, 2.05) is 6.92 Å². The molecule has 0 N–H and O–H groups in total. The Morgan fingerprint density at radius 2 is 1.82 bits per heavy atom. The molecule has 0 aromatic carbocycles. The van der Waals surface area contributed by atoms with Gasteiger partial charge in [0.15, 0.2) is 0 Å². The van der Waals surface area contributed by atoms with Gasteiger partial charge in [-0.25, -0.2) is 0 Å². The highest BCUT2D eigenvalue weighted by Gasteiger charge is 2.38. The van der Waals surface area contributed by atoms with E-state index in [2.05, 4.69) is 0 Å². The van der Waals surface area contributed by atoms with Gasteiger partial charge in [0.05, 0.1) is 18.5 Å². The molecule has 0 spiro atoms. The van der Waals surface area contributed by atoms with Crippen LogP contribution < -0.4 is 0 Å². The fourth-order valence-corrected chi connectivity index (χ4v) is 3.60. The lowest BCUT2D eigenvalue weighted by Crippen LogP contribution is -2.11. The highest BCUT2D eigenvalue weighted by atomic mass is 31.2. The Morgan fingerprint density at radius 3 is 2.29 bits per heavy atom. The van der Waals surface area contributed by atoms with Gasteiger partial charge < -0.3 is 18.5 Å². The lowest BCUT2D eigenvalue weighted by molar-refractivity contribution is -0.0954. The molecule has 0 saturated carbocycles. The van der Waals surface area contributed by atoms with E-state index in [4.69, 9.17) is 18.5 Å². The van der Waals surface area contributed by atoms with Crippen LogP contribution in [0, 0.1) is 0 Å². The maximum Gasteiger partial charge on any atom is 0.360 e. The van der Waals surface area contributed by atoms with Crippen molar-refractivity contribution >= 4 is 7.60 Å². The molecular weight excluding hydrogens is 243 g/mol. The molecule has 0 amide bonds. The molecule has 1 aliphatic rings. The van der Waals surface area contributed by atoms with Crippen molar-refractivity contribution < 1.29 is 23.1 Å². The van der Waals surface area contributed by atoms with Crippen molar-refractivity contribution in [3.63, 3.8) is 0 Å². The average molecular weight is 264 g/mol. The first-order chi connectivity index (χ1) is 8.07. The first kappa shape index (κ1) is 14.7. The molecule has 0 fully saturated rings. The number of hydrogen-bond donors (Lipinski definition) is 0. The average Bonchev–Trinajstić information content (AvgIpc) is 2.61. The fraction of sp³-hybridized carbons (Fsp3) is 0.818. The zero-order valence-corrected chi connectivity index (χ0v) is 11.8. The van der Waals surface area contributed by atoms with Gasteiger partial charge >= 0.3 is 7.60 Å². The Bertz CT molecular complexity index is 316. The number of ether oxygens (including phenoxy) is 2. The third-order valence-electron chi connectivity index (χ3n) is 2.36.